The van der Waals surface area contributed by atoms with Crippen molar-refractivity contribution < 1.29 is 4.74 Å². The molecule has 0 saturated heterocycles. The van der Waals surface area contributed by atoms with Gasteiger partial charge in [0, 0.05) is 12.3 Å². The second-order valence-electron chi connectivity index (χ2n) is 5.64. The molecule has 0 unspecified atom stereocenters. The highest BCUT2D eigenvalue weighted by Gasteiger charge is 2.04. The van der Waals surface area contributed by atoms with E-state index < -0.39 is 0 Å². The van der Waals surface area contributed by atoms with Crippen LogP contribution in [0.3, 0.4) is 0 Å². The Morgan fingerprint density at radius 1 is 1.12 bits per heavy atom. The van der Waals surface area contributed by atoms with E-state index >= 15 is 0 Å². The molecule has 0 aliphatic heterocycles. The van der Waals surface area contributed by atoms with Gasteiger partial charge in [-0.15, -0.1) is 0 Å². The van der Waals surface area contributed by atoms with Gasteiger partial charge in [-0.1, -0.05) is 36.4 Å². The molecule has 25 heavy (non-hydrogen) atoms. The van der Waals surface area contributed by atoms with Crippen LogP contribution in [0, 0.1) is 6.92 Å². The predicted molar refractivity (Wildman–Crippen MR) is 114 cm³/mol. The van der Waals surface area contributed by atoms with Gasteiger partial charge in [0.1, 0.15) is 5.75 Å². The summed E-state index contributed by atoms with van der Waals surface area (Å²) in [5.74, 6) is 3.00. The van der Waals surface area contributed by atoms with Crippen LogP contribution in [-0.2, 0) is 5.75 Å². The van der Waals surface area contributed by atoms with Gasteiger partial charge in [-0.3, -0.25) is 0 Å². The van der Waals surface area contributed by atoms with E-state index in [0.717, 1.165) is 35.9 Å². The third-order valence-corrected chi connectivity index (χ3v) is 5.04. The van der Waals surface area contributed by atoms with E-state index in [9.17, 15) is 0 Å². The van der Waals surface area contributed by atoms with E-state index in [1.807, 2.05) is 43.0 Å². The third kappa shape index (κ3) is 6.96. The molecule has 2 aromatic rings. The average molecular weight is 375 g/mol. The molecule has 2 rings (SSSR count). The Balaban J connectivity index is 1.63. The molecule has 0 atom stereocenters. The Morgan fingerprint density at radius 2 is 1.88 bits per heavy atom. The number of anilines is 1. The van der Waals surface area contributed by atoms with Crippen molar-refractivity contribution in [1.29, 1.82) is 0 Å². The summed E-state index contributed by atoms with van der Waals surface area (Å²) in [5, 5.41) is 7.11. The van der Waals surface area contributed by atoms with Crippen LogP contribution in [0.4, 0.5) is 5.69 Å². The lowest BCUT2D eigenvalue weighted by atomic mass is 10.1. The zero-order chi connectivity index (χ0) is 17.9. The van der Waals surface area contributed by atoms with Gasteiger partial charge in [0.05, 0.1) is 12.3 Å². The predicted octanol–water partition coefficient (Wildman–Crippen LogP) is 5.00. The van der Waals surface area contributed by atoms with Crippen LogP contribution >= 0.6 is 24.0 Å². The second kappa shape index (κ2) is 11.0. The highest BCUT2D eigenvalue weighted by molar-refractivity contribution is 7.98. The number of para-hydroxylation sites is 2. The third-order valence-electron chi connectivity index (χ3n) is 3.70. The van der Waals surface area contributed by atoms with Crippen LogP contribution < -0.4 is 15.4 Å². The summed E-state index contributed by atoms with van der Waals surface area (Å²) in [4.78, 5) is 0. The van der Waals surface area contributed by atoms with Crippen molar-refractivity contribution in [3.05, 3.63) is 59.7 Å². The standard InChI is InChI=1S/C20H26N2OS2/c1-3-23-19-12-7-6-11-18(19)22-20(24)21-13-8-14-25-15-17-10-5-4-9-16(17)2/h4-7,9-12H,3,8,13-15H2,1-2H3,(H2,21,22,24). The van der Waals surface area contributed by atoms with Crippen molar-refractivity contribution in [2.75, 3.05) is 24.2 Å². The van der Waals surface area contributed by atoms with Gasteiger partial charge in [0.2, 0.25) is 0 Å². The molecule has 0 heterocycles. The maximum atomic E-state index is 5.59. The molecule has 0 radical (unpaired) electrons. The first-order valence-corrected chi connectivity index (χ1v) is 10.2. The Hall–Kier alpha value is -1.72. The molecule has 0 saturated carbocycles. The minimum atomic E-state index is 0.635. The van der Waals surface area contributed by atoms with E-state index in [1.165, 1.54) is 11.1 Å². The number of rotatable bonds is 9. The maximum Gasteiger partial charge on any atom is 0.170 e. The van der Waals surface area contributed by atoms with Crippen LogP contribution in [0.15, 0.2) is 48.5 Å². The molecular weight excluding hydrogens is 348 g/mol. The first kappa shape index (κ1) is 19.6. The maximum absolute atomic E-state index is 5.59. The molecule has 0 aliphatic rings. The lowest BCUT2D eigenvalue weighted by molar-refractivity contribution is 0.342. The van der Waals surface area contributed by atoms with Gasteiger partial charge in [0.25, 0.3) is 0 Å². The summed E-state index contributed by atoms with van der Waals surface area (Å²) in [7, 11) is 0. The molecule has 0 fully saturated rings. The van der Waals surface area contributed by atoms with Gasteiger partial charge < -0.3 is 15.4 Å². The Labute approximate surface area is 160 Å². The first-order chi connectivity index (χ1) is 12.2. The van der Waals surface area contributed by atoms with Crippen molar-refractivity contribution in [2.45, 2.75) is 26.0 Å². The molecule has 0 amide bonds. The van der Waals surface area contributed by atoms with Gasteiger partial charge in [0.15, 0.2) is 5.11 Å². The fourth-order valence-electron chi connectivity index (χ4n) is 2.35. The monoisotopic (exact) mass is 374 g/mol. The Morgan fingerprint density at radius 3 is 2.68 bits per heavy atom. The quantitative estimate of drug-likeness (QED) is 0.477. The molecule has 0 aromatic heterocycles. The molecule has 2 aromatic carbocycles. The topological polar surface area (TPSA) is 33.3 Å². The normalized spacial score (nSPS) is 10.3. The number of hydrogen-bond acceptors (Lipinski definition) is 3. The van der Waals surface area contributed by atoms with E-state index in [-0.39, 0.29) is 0 Å². The molecule has 5 heteroatoms. The van der Waals surface area contributed by atoms with Gasteiger partial charge in [-0.25, -0.2) is 0 Å². The lowest BCUT2D eigenvalue weighted by Gasteiger charge is -2.14. The van der Waals surface area contributed by atoms with Gasteiger partial charge in [-0.2, -0.15) is 11.8 Å². The van der Waals surface area contributed by atoms with E-state index in [0.29, 0.717) is 11.7 Å². The summed E-state index contributed by atoms with van der Waals surface area (Å²) >= 11 is 7.33. The van der Waals surface area contributed by atoms with Crippen molar-refractivity contribution in [1.82, 2.24) is 5.32 Å². The number of nitrogens with one attached hydrogen (secondary N) is 2. The molecule has 0 aliphatic carbocycles. The number of aryl methyl sites for hydroxylation is 1. The molecule has 0 bridgehead atoms. The van der Waals surface area contributed by atoms with Crippen molar-refractivity contribution in [2.24, 2.45) is 0 Å². The summed E-state index contributed by atoms with van der Waals surface area (Å²) in [6.45, 7) is 5.64. The highest BCUT2D eigenvalue weighted by atomic mass is 32.2. The van der Waals surface area contributed by atoms with E-state index in [2.05, 4.69) is 41.8 Å². The zero-order valence-corrected chi connectivity index (χ0v) is 16.5. The number of hydrogen-bond donors (Lipinski definition) is 2. The SMILES string of the molecule is CCOc1ccccc1NC(=S)NCCCSCc1ccccc1C. The fraction of sp³-hybridized carbons (Fsp3) is 0.350. The first-order valence-electron chi connectivity index (χ1n) is 8.59. The highest BCUT2D eigenvalue weighted by Crippen LogP contribution is 2.23. The summed E-state index contributed by atoms with van der Waals surface area (Å²) in [5.41, 5.74) is 3.69. The number of thiocarbonyl (C=S) groups is 1. The van der Waals surface area contributed by atoms with Crippen LogP contribution in [-0.4, -0.2) is 24.0 Å². The zero-order valence-electron chi connectivity index (χ0n) is 14.9. The molecule has 134 valence electrons. The largest absolute Gasteiger partial charge is 0.492 e. The fourth-order valence-corrected chi connectivity index (χ4v) is 3.60. The van der Waals surface area contributed by atoms with Crippen LogP contribution in [0.25, 0.3) is 0 Å². The van der Waals surface area contributed by atoms with Crippen LogP contribution in [0.1, 0.15) is 24.5 Å². The lowest BCUT2D eigenvalue weighted by Crippen LogP contribution is -2.29. The molecular formula is C20H26N2OS2. The second-order valence-corrected chi connectivity index (χ2v) is 7.16. The number of benzene rings is 2. The van der Waals surface area contributed by atoms with E-state index in [4.69, 9.17) is 17.0 Å². The van der Waals surface area contributed by atoms with Crippen LogP contribution in [0.2, 0.25) is 0 Å². The number of thioether (sulfide) groups is 1. The number of ether oxygens (including phenoxy) is 1. The van der Waals surface area contributed by atoms with Gasteiger partial charge >= 0.3 is 0 Å². The summed E-state index contributed by atoms with van der Waals surface area (Å²) in [6, 6.07) is 16.4. The molecule has 0 spiro atoms. The Kier molecular flexibility index (Phi) is 8.63. The molecule has 2 N–H and O–H groups in total. The molecule has 3 nitrogen and oxygen atoms in total. The minimum absolute atomic E-state index is 0.635. The van der Waals surface area contributed by atoms with Gasteiger partial charge in [-0.05, 0) is 61.5 Å². The average Bonchev–Trinajstić information content (AvgIpc) is 2.61. The van der Waals surface area contributed by atoms with E-state index in [1.54, 1.807) is 0 Å². The van der Waals surface area contributed by atoms with Crippen molar-refractivity contribution in [3.8, 4) is 5.75 Å². The van der Waals surface area contributed by atoms with Crippen LogP contribution in [0.5, 0.6) is 5.75 Å². The minimum Gasteiger partial charge on any atom is -0.492 e. The summed E-state index contributed by atoms with van der Waals surface area (Å²) in [6.07, 6.45) is 1.07. The van der Waals surface area contributed by atoms with Crippen molar-refractivity contribution >= 4 is 34.8 Å². The van der Waals surface area contributed by atoms with Crippen molar-refractivity contribution in [3.63, 3.8) is 0 Å². The Bertz CT molecular complexity index is 676. The smallest absolute Gasteiger partial charge is 0.170 e. The summed E-state index contributed by atoms with van der Waals surface area (Å²) < 4.78 is 5.59.